The average Bonchev–Trinajstić information content (AvgIpc) is 2.44. The lowest BCUT2D eigenvalue weighted by Gasteiger charge is -2.26. The number of rotatable bonds is 8. The Morgan fingerprint density at radius 2 is 1.61 bits per heavy atom. The fourth-order valence-electron chi connectivity index (χ4n) is 2.59. The van der Waals surface area contributed by atoms with Crippen LogP contribution in [0, 0.1) is 5.92 Å². The summed E-state index contributed by atoms with van der Waals surface area (Å²) < 4.78 is 0.924. The minimum absolute atomic E-state index is 0.102. The van der Waals surface area contributed by atoms with Crippen LogP contribution in [0.25, 0.3) is 0 Å². The number of amides is 1. The van der Waals surface area contributed by atoms with Gasteiger partial charge in [0.1, 0.15) is 0 Å². The number of carbonyl (C=O) groups is 1. The predicted molar refractivity (Wildman–Crippen MR) is 98.5 cm³/mol. The van der Waals surface area contributed by atoms with E-state index in [1.807, 2.05) is 6.92 Å². The van der Waals surface area contributed by atoms with Gasteiger partial charge < -0.3 is 9.80 Å². The molecule has 0 saturated heterocycles. The van der Waals surface area contributed by atoms with Crippen LogP contribution in [0.2, 0.25) is 0 Å². The Labute approximate surface area is 142 Å². The average molecular weight is 320 g/mol. The quantitative estimate of drug-likeness (QED) is 0.729. The summed E-state index contributed by atoms with van der Waals surface area (Å²) >= 11 is 0. The van der Waals surface area contributed by atoms with Gasteiger partial charge in [0.05, 0.1) is 33.6 Å². The fraction of sp³-hybridized carbons (Fsp3) is 0.650. The molecule has 0 bridgehead atoms. The Morgan fingerprint density at radius 1 is 1.04 bits per heavy atom. The normalized spacial score (nSPS) is 14.6. The molecule has 1 rings (SSSR count). The van der Waals surface area contributed by atoms with E-state index in [0.29, 0.717) is 5.92 Å². The van der Waals surface area contributed by atoms with Crippen LogP contribution in [0.15, 0.2) is 24.3 Å². The second-order valence-corrected chi connectivity index (χ2v) is 8.27. The molecule has 0 aliphatic heterocycles. The molecule has 1 N–H and O–H groups in total. The Kier molecular flexibility index (Phi) is 7.27. The molecule has 2 atom stereocenters. The van der Waals surface area contributed by atoms with E-state index in [2.05, 4.69) is 71.5 Å². The first-order valence-electron chi connectivity index (χ1n) is 8.78. The van der Waals surface area contributed by atoms with Crippen molar-refractivity contribution < 1.29 is 9.28 Å². The highest BCUT2D eigenvalue weighted by molar-refractivity contribution is 5.83. The highest BCUT2D eigenvalue weighted by Gasteiger charge is 2.18. The number of quaternary nitrogens is 1. The van der Waals surface area contributed by atoms with Gasteiger partial charge in [-0.3, -0.25) is 4.79 Å². The van der Waals surface area contributed by atoms with Crippen LogP contribution in [-0.4, -0.2) is 44.1 Å². The summed E-state index contributed by atoms with van der Waals surface area (Å²) in [6.45, 7) is 9.58. The van der Waals surface area contributed by atoms with Gasteiger partial charge in [0.15, 0.2) is 0 Å². The van der Waals surface area contributed by atoms with Gasteiger partial charge in [-0.15, -0.1) is 0 Å². The molecule has 1 aromatic carbocycles. The standard InChI is InChI=1S/C20H34N2O/c1-15(2)14-18-8-10-19(11-9-18)17(4)20(23)21-16(3)12-13-22(5,6)7/h8-11,15-17H,12-14H2,1-7H3/p+1. The van der Waals surface area contributed by atoms with E-state index in [1.165, 1.54) is 5.56 Å². The van der Waals surface area contributed by atoms with E-state index in [0.717, 1.165) is 29.4 Å². The first kappa shape index (κ1) is 19.7. The van der Waals surface area contributed by atoms with Crippen molar-refractivity contribution in [3.05, 3.63) is 35.4 Å². The second kappa shape index (κ2) is 8.49. The van der Waals surface area contributed by atoms with Crippen molar-refractivity contribution in [2.24, 2.45) is 5.92 Å². The van der Waals surface area contributed by atoms with Crippen molar-refractivity contribution in [1.82, 2.24) is 5.32 Å². The number of hydrogen-bond acceptors (Lipinski definition) is 1. The Balaban J connectivity index is 2.55. The van der Waals surface area contributed by atoms with E-state index in [4.69, 9.17) is 0 Å². The van der Waals surface area contributed by atoms with E-state index >= 15 is 0 Å². The Hall–Kier alpha value is -1.35. The number of hydrogen-bond donors (Lipinski definition) is 1. The number of benzene rings is 1. The summed E-state index contributed by atoms with van der Waals surface area (Å²) in [4.78, 5) is 12.4. The minimum Gasteiger partial charge on any atom is -0.353 e. The van der Waals surface area contributed by atoms with E-state index < -0.39 is 0 Å². The molecule has 1 aromatic rings. The summed E-state index contributed by atoms with van der Waals surface area (Å²) in [6.07, 6.45) is 2.08. The molecule has 0 aliphatic rings. The van der Waals surface area contributed by atoms with Gasteiger partial charge in [-0.25, -0.2) is 0 Å². The fourth-order valence-corrected chi connectivity index (χ4v) is 2.59. The molecule has 0 fully saturated rings. The number of carbonyl (C=O) groups excluding carboxylic acids is 1. The first-order chi connectivity index (χ1) is 10.6. The smallest absolute Gasteiger partial charge is 0.227 e. The zero-order valence-electron chi connectivity index (χ0n) is 16.0. The SMILES string of the molecule is CC(C)Cc1ccc(C(C)C(=O)NC(C)CC[N+](C)(C)C)cc1. The Morgan fingerprint density at radius 3 is 2.09 bits per heavy atom. The molecule has 3 nitrogen and oxygen atoms in total. The molecule has 2 unspecified atom stereocenters. The lowest BCUT2D eigenvalue weighted by atomic mass is 9.96. The molecule has 0 aromatic heterocycles. The van der Waals surface area contributed by atoms with E-state index in [1.54, 1.807) is 0 Å². The maximum absolute atomic E-state index is 12.4. The lowest BCUT2D eigenvalue weighted by Crippen LogP contribution is -2.41. The van der Waals surface area contributed by atoms with Gasteiger partial charge in [-0.05, 0) is 37.3 Å². The zero-order valence-corrected chi connectivity index (χ0v) is 16.0. The van der Waals surface area contributed by atoms with Crippen LogP contribution < -0.4 is 5.32 Å². The summed E-state index contributed by atoms with van der Waals surface area (Å²) in [5, 5.41) is 3.15. The molecule has 130 valence electrons. The van der Waals surface area contributed by atoms with E-state index in [-0.39, 0.29) is 17.9 Å². The van der Waals surface area contributed by atoms with Crippen LogP contribution >= 0.6 is 0 Å². The van der Waals surface area contributed by atoms with Crippen LogP contribution in [0.3, 0.4) is 0 Å². The molecular weight excluding hydrogens is 284 g/mol. The minimum atomic E-state index is -0.102. The summed E-state index contributed by atoms with van der Waals surface area (Å²) in [7, 11) is 6.53. The van der Waals surface area contributed by atoms with E-state index in [9.17, 15) is 4.79 Å². The molecule has 0 spiro atoms. The van der Waals surface area contributed by atoms with Gasteiger partial charge in [0.25, 0.3) is 0 Å². The van der Waals surface area contributed by atoms with Crippen molar-refractivity contribution >= 4 is 5.91 Å². The van der Waals surface area contributed by atoms with Crippen molar-refractivity contribution in [1.29, 1.82) is 0 Å². The molecule has 0 radical (unpaired) electrons. The van der Waals surface area contributed by atoms with Crippen molar-refractivity contribution in [2.75, 3.05) is 27.7 Å². The van der Waals surface area contributed by atoms with Gasteiger partial charge in [0, 0.05) is 12.5 Å². The van der Waals surface area contributed by atoms with Crippen molar-refractivity contribution in [3.8, 4) is 0 Å². The second-order valence-electron chi connectivity index (χ2n) is 8.27. The molecule has 0 aliphatic carbocycles. The molecule has 23 heavy (non-hydrogen) atoms. The predicted octanol–water partition coefficient (Wildman–Crippen LogP) is 3.59. The van der Waals surface area contributed by atoms with Crippen LogP contribution in [0.5, 0.6) is 0 Å². The summed E-state index contributed by atoms with van der Waals surface area (Å²) in [6, 6.07) is 8.71. The number of nitrogens with zero attached hydrogens (tertiary/aromatic N) is 1. The topological polar surface area (TPSA) is 29.1 Å². The largest absolute Gasteiger partial charge is 0.353 e. The van der Waals surface area contributed by atoms with Gasteiger partial charge in [-0.2, -0.15) is 0 Å². The Bertz CT molecular complexity index is 485. The molecular formula is C20H35N2O+. The van der Waals surface area contributed by atoms with Crippen LogP contribution in [0.1, 0.15) is 51.2 Å². The summed E-state index contributed by atoms with van der Waals surface area (Å²) in [5.41, 5.74) is 2.43. The monoisotopic (exact) mass is 319 g/mol. The number of nitrogens with one attached hydrogen (secondary N) is 1. The third-order valence-electron chi connectivity index (χ3n) is 4.14. The van der Waals surface area contributed by atoms with Crippen molar-refractivity contribution in [2.45, 2.75) is 52.5 Å². The van der Waals surface area contributed by atoms with Crippen molar-refractivity contribution in [3.63, 3.8) is 0 Å². The molecule has 3 heteroatoms. The molecule has 1 amide bonds. The van der Waals surface area contributed by atoms with Gasteiger partial charge in [0.2, 0.25) is 5.91 Å². The third kappa shape index (κ3) is 7.65. The third-order valence-corrected chi connectivity index (χ3v) is 4.14. The van der Waals surface area contributed by atoms with Crippen LogP contribution in [0.4, 0.5) is 0 Å². The molecule has 0 heterocycles. The highest BCUT2D eigenvalue weighted by atomic mass is 16.1. The molecule has 0 saturated carbocycles. The van der Waals surface area contributed by atoms with Gasteiger partial charge in [-0.1, -0.05) is 38.1 Å². The first-order valence-corrected chi connectivity index (χ1v) is 8.78. The maximum atomic E-state index is 12.4. The van der Waals surface area contributed by atoms with Crippen LogP contribution in [-0.2, 0) is 11.2 Å². The van der Waals surface area contributed by atoms with Gasteiger partial charge >= 0.3 is 0 Å². The lowest BCUT2D eigenvalue weighted by molar-refractivity contribution is -0.870. The highest BCUT2D eigenvalue weighted by Crippen LogP contribution is 2.18. The maximum Gasteiger partial charge on any atom is 0.227 e. The zero-order chi connectivity index (χ0) is 17.6. The summed E-state index contributed by atoms with van der Waals surface area (Å²) in [5.74, 6) is 0.675.